The van der Waals surface area contributed by atoms with Crippen LogP contribution in [0.5, 0.6) is 0 Å². The van der Waals surface area contributed by atoms with E-state index in [1.165, 1.54) is 81.6 Å². The number of aromatic nitrogens is 1. The number of piperidine rings is 1. The number of amides is 2. The van der Waals surface area contributed by atoms with E-state index in [4.69, 9.17) is 0 Å². The van der Waals surface area contributed by atoms with Crippen molar-refractivity contribution in [3.63, 3.8) is 0 Å². The molecular weight excluding hydrogens is 577 g/mol. The van der Waals surface area contributed by atoms with Gasteiger partial charge in [-0.3, -0.25) is 9.59 Å². The molecule has 0 unspecified atom stereocenters. The molecule has 1 aliphatic carbocycles. The maximum absolute atomic E-state index is 14.0. The van der Waals surface area contributed by atoms with E-state index in [9.17, 15) is 9.59 Å². The van der Waals surface area contributed by atoms with Crippen molar-refractivity contribution in [1.82, 2.24) is 20.1 Å². The first kappa shape index (κ1) is 31.0. The van der Waals surface area contributed by atoms with Crippen molar-refractivity contribution in [3.8, 4) is 11.3 Å². The molecule has 3 aliphatic heterocycles. The fourth-order valence-corrected chi connectivity index (χ4v) is 10.1. The summed E-state index contributed by atoms with van der Waals surface area (Å²) < 4.78 is 0. The lowest BCUT2D eigenvalue weighted by Crippen LogP contribution is -2.45. The van der Waals surface area contributed by atoms with Gasteiger partial charge in [0.2, 0.25) is 11.8 Å². The zero-order valence-electron chi connectivity index (χ0n) is 27.8. The maximum Gasteiger partial charge on any atom is 0.233 e. The van der Waals surface area contributed by atoms with Crippen molar-refractivity contribution in [2.75, 3.05) is 26.2 Å². The number of nitrogens with zero attached hydrogens (tertiary/aromatic N) is 2. The predicted octanol–water partition coefficient (Wildman–Crippen LogP) is 7.51. The second-order valence-corrected chi connectivity index (χ2v) is 16.3. The Morgan fingerprint density at radius 2 is 1.56 bits per heavy atom. The summed E-state index contributed by atoms with van der Waals surface area (Å²) in [6, 6.07) is 10.1. The number of thiophene rings is 1. The lowest BCUT2D eigenvalue weighted by atomic mass is 9.88. The number of fused-ring (bicyclic) bond motifs is 3. The first-order chi connectivity index (χ1) is 21.7. The molecule has 1 saturated carbocycles. The molecule has 5 heterocycles. The van der Waals surface area contributed by atoms with Crippen LogP contribution >= 0.6 is 11.3 Å². The molecule has 4 aliphatic rings. The summed E-state index contributed by atoms with van der Waals surface area (Å²) in [6.45, 7) is 12.7. The average Bonchev–Trinajstić information content (AvgIpc) is 3.86. The summed E-state index contributed by atoms with van der Waals surface area (Å²) in [5.41, 5.74) is 5.91. The fourth-order valence-electron chi connectivity index (χ4n) is 8.90. The van der Waals surface area contributed by atoms with Crippen LogP contribution in [-0.4, -0.2) is 64.9 Å². The number of hydrogen-bond acceptors (Lipinski definition) is 4. The van der Waals surface area contributed by atoms with Gasteiger partial charge >= 0.3 is 0 Å². The van der Waals surface area contributed by atoms with Crippen LogP contribution in [0.15, 0.2) is 24.3 Å². The number of benzene rings is 1. The SMILES string of the molecule is Cc1cc(C)cc(-c2[nH]c3sc(C(C)(C)C(=O)N4C5CCC4CC5)cc3c2CCN2CCC(CNC(=O)C3CCCC3)CC2)c1. The Labute approximate surface area is 273 Å². The van der Waals surface area contributed by atoms with Crippen LogP contribution in [-0.2, 0) is 21.4 Å². The summed E-state index contributed by atoms with van der Waals surface area (Å²) in [5, 5.41) is 4.57. The molecule has 45 heavy (non-hydrogen) atoms. The first-order valence-electron chi connectivity index (χ1n) is 17.7. The third kappa shape index (κ3) is 6.12. The molecule has 2 aromatic heterocycles. The molecule has 6 nitrogen and oxygen atoms in total. The maximum atomic E-state index is 14.0. The lowest BCUT2D eigenvalue weighted by Gasteiger charge is -2.32. The van der Waals surface area contributed by atoms with Gasteiger partial charge in [-0.05, 0) is 134 Å². The number of rotatable bonds is 9. The van der Waals surface area contributed by atoms with Crippen LogP contribution in [0.2, 0.25) is 0 Å². The molecule has 0 atom stereocenters. The van der Waals surface area contributed by atoms with E-state index in [1.807, 2.05) is 0 Å². The van der Waals surface area contributed by atoms with E-state index in [0.29, 0.717) is 23.9 Å². The number of aryl methyl sites for hydroxylation is 2. The van der Waals surface area contributed by atoms with Crippen molar-refractivity contribution in [3.05, 3.63) is 45.8 Å². The largest absolute Gasteiger partial charge is 0.356 e. The van der Waals surface area contributed by atoms with Gasteiger partial charge in [-0.2, -0.15) is 0 Å². The third-order valence-electron chi connectivity index (χ3n) is 11.6. The normalized spacial score (nSPS) is 23.1. The van der Waals surface area contributed by atoms with Crippen molar-refractivity contribution >= 4 is 33.4 Å². The predicted molar refractivity (Wildman–Crippen MR) is 185 cm³/mol. The molecule has 1 aromatic carbocycles. The minimum absolute atomic E-state index is 0.256. The molecule has 0 radical (unpaired) electrons. The summed E-state index contributed by atoms with van der Waals surface area (Å²) in [4.78, 5) is 37.6. The molecule has 2 bridgehead atoms. The Kier molecular flexibility index (Phi) is 8.62. The van der Waals surface area contributed by atoms with E-state index < -0.39 is 5.41 Å². The van der Waals surface area contributed by atoms with Crippen LogP contribution in [0, 0.1) is 25.7 Å². The molecule has 2 amide bonds. The van der Waals surface area contributed by atoms with Crippen molar-refractivity contribution < 1.29 is 9.59 Å². The molecule has 242 valence electrons. The summed E-state index contributed by atoms with van der Waals surface area (Å²) in [6.07, 6.45) is 12.5. The average molecular weight is 629 g/mol. The van der Waals surface area contributed by atoms with Gasteiger partial charge in [0.05, 0.1) is 11.1 Å². The topological polar surface area (TPSA) is 68.4 Å². The van der Waals surface area contributed by atoms with Gasteiger partial charge in [-0.25, -0.2) is 0 Å². The van der Waals surface area contributed by atoms with Crippen LogP contribution < -0.4 is 5.32 Å². The van der Waals surface area contributed by atoms with Gasteiger partial charge in [0.25, 0.3) is 0 Å². The number of H-pyrrole nitrogens is 1. The number of hydrogen-bond donors (Lipinski definition) is 2. The summed E-state index contributed by atoms with van der Waals surface area (Å²) in [7, 11) is 0. The smallest absolute Gasteiger partial charge is 0.233 e. The van der Waals surface area contributed by atoms with Gasteiger partial charge < -0.3 is 20.1 Å². The van der Waals surface area contributed by atoms with Gasteiger partial charge in [0, 0.05) is 41.4 Å². The van der Waals surface area contributed by atoms with Gasteiger partial charge in [-0.15, -0.1) is 11.3 Å². The van der Waals surface area contributed by atoms with Gasteiger partial charge in [0.15, 0.2) is 0 Å². The van der Waals surface area contributed by atoms with E-state index in [0.717, 1.165) is 58.3 Å². The Morgan fingerprint density at radius 1 is 0.911 bits per heavy atom. The molecular formula is C38H52N4O2S. The first-order valence-corrected chi connectivity index (χ1v) is 18.6. The summed E-state index contributed by atoms with van der Waals surface area (Å²) in [5.74, 6) is 1.45. The molecule has 2 N–H and O–H groups in total. The highest BCUT2D eigenvalue weighted by molar-refractivity contribution is 7.19. The highest BCUT2D eigenvalue weighted by atomic mass is 32.1. The molecule has 3 saturated heterocycles. The number of carbonyl (C=O) groups is 2. The Bertz CT molecular complexity index is 1510. The van der Waals surface area contributed by atoms with Crippen molar-refractivity contribution in [2.24, 2.45) is 11.8 Å². The Morgan fingerprint density at radius 3 is 2.20 bits per heavy atom. The Balaban J connectivity index is 1.07. The van der Waals surface area contributed by atoms with Gasteiger partial charge in [0.1, 0.15) is 4.83 Å². The van der Waals surface area contributed by atoms with Gasteiger partial charge in [-0.1, -0.05) is 30.0 Å². The molecule has 7 heteroatoms. The minimum atomic E-state index is -0.526. The molecule has 0 spiro atoms. The van der Waals surface area contributed by atoms with Crippen LogP contribution in [0.3, 0.4) is 0 Å². The van der Waals surface area contributed by atoms with Crippen molar-refractivity contribution in [1.29, 1.82) is 0 Å². The zero-order chi connectivity index (χ0) is 31.3. The number of nitrogens with one attached hydrogen (secondary N) is 2. The lowest BCUT2D eigenvalue weighted by molar-refractivity contribution is -0.137. The second kappa shape index (κ2) is 12.5. The molecule has 3 aromatic rings. The fraction of sp³-hybridized carbons (Fsp3) is 0.632. The highest BCUT2D eigenvalue weighted by Crippen LogP contribution is 2.44. The van der Waals surface area contributed by atoms with E-state index >= 15 is 0 Å². The van der Waals surface area contributed by atoms with Crippen LogP contribution in [0.1, 0.15) is 99.6 Å². The second-order valence-electron chi connectivity index (χ2n) is 15.3. The van der Waals surface area contributed by atoms with Crippen LogP contribution in [0.4, 0.5) is 0 Å². The molecule has 4 fully saturated rings. The number of aromatic amines is 1. The monoisotopic (exact) mass is 628 g/mol. The van der Waals surface area contributed by atoms with E-state index in [2.05, 4.69) is 72.1 Å². The quantitative estimate of drug-likeness (QED) is 0.258. The molecule has 7 rings (SSSR count). The highest BCUT2D eigenvalue weighted by Gasteiger charge is 2.47. The standard InChI is InChI=1S/C38H52N4O2S/c1-24-19-25(2)21-28(20-24)34-31(15-18-41-16-13-26(14-17-41)23-39-35(43)27-7-5-6-8-27)32-22-33(45-36(32)40-34)38(3,4)37(44)42-29-9-10-30(42)12-11-29/h19-22,26-27,29-30,40H,5-18,23H2,1-4H3,(H,39,43). The third-order valence-corrected chi connectivity index (χ3v) is 13.0. The van der Waals surface area contributed by atoms with Crippen molar-refractivity contribution in [2.45, 2.75) is 116 Å². The summed E-state index contributed by atoms with van der Waals surface area (Å²) >= 11 is 1.78. The number of carbonyl (C=O) groups excluding carboxylic acids is 2. The van der Waals surface area contributed by atoms with E-state index in [-0.39, 0.29) is 11.8 Å². The minimum Gasteiger partial charge on any atom is -0.356 e. The Hall–Kier alpha value is -2.64. The van der Waals surface area contributed by atoms with Crippen LogP contribution in [0.25, 0.3) is 21.5 Å². The van der Waals surface area contributed by atoms with E-state index in [1.54, 1.807) is 11.3 Å². The number of likely N-dealkylation sites (tertiary alicyclic amines) is 1. The zero-order valence-corrected chi connectivity index (χ0v) is 28.7.